The average molecular weight is 373 g/mol. The molecule has 1 aliphatic rings. The van der Waals surface area contributed by atoms with Gasteiger partial charge in [0.1, 0.15) is 0 Å². The van der Waals surface area contributed by atoms with Crippen LogP contribution in [0.5, 0.6) is 0 Å². The molecule has 2 aromatic rings. The lowest BCUT2D eigenvalue weighted by Gasteiger charge is -2.33. The van der Waals surface area contributed by atoms with Crippen molar-refractivity contribution >= 4 is 22.4 Å². The summed E-state index contributed by atoms with van der Waals surface area (Å²) < 4.78 is 0. The summed E-state index contributed by atoms with van der Waals surface area (Å²) in [5.74, 6) is 0.0224. The Morgan fingerprint density at radius 2 is 1.81 bits per heavy atom. The second-order valence-corrected chi connectivity index (χ2v) is 7.60. The molecular formula is C20H28N4OS. The van der Waals surface area contributed by atoms with Crippen molar-refractivity contribution in [1.29, 1.82) is 0 Å². The van der Waals surface area contributed by atoms with Crippen LogP contribution in [-0.2, 0) is 11.2 Å². The molecule has 0 aliphatic carbocycles. The summed E-state index contributed by atoms with van der Waals surface area (Å²) in [6.45, 7) is 9.88. The zero-order valence-electron chi connectivity index (χ0n) is 15.7. The Bertz CT molecular complexity index is 705. The van der Waals surface area contributed by atoms with Gasteiger partial charge in [-0.15, -0.1) is 11.3 Å². The second-order valence-electron chi connectivity index (χ2n) is 6.74. The summed E-state index contributed by atoms with van der Waals surface area (Å²) in [6.07, 6.45) is 2.25. The molecule has 140 valence electrons. The van der Waals surface area contributed by atoms with Crippen LogP contribution in [0, 0.1) is 0 Å². The number of amides is 1. The fraction of sp³-hybridized carbons (Fsp3) is 0.500. The maximum Gasteiger partial charge on any atom is 0.240 e. The molecule has 2 heterocycles. The number of aryl methyl sites for hydroxylation is 1. The quantitative estimate of drug-likeness (QED) is 0.810. The molecule has 1 fully saturated rings. The molecule has 1 amide bonds. The van der Waals surface area contributed by atoms with E-state index in [-0.39, 0.29) is 5.91 Å². The molecule has 26 heavy (non-hydrogen) atoms. The summed E-state index contributed by atoms with van der Waals surface area (Å²) >= 11 is 1.48. The molecule has 1 N–H and O–H groups in total. The van der Waals surface area contributed by atoms with Crippen molar-refractivity contribution in [2.45, 2.75) is 26.7 Å². The number of hydrogen-bond donors (Lipinski definition) is 1. The summed E-state index contributed by atoms with van der Waals surface area (Å²) in [5.41, 5.74) is 3.37. The van der Waals surface area contributed by atoms with E-state index in [9.17, 15) is 4.79 Å². The Hall–Kier alpha value is -1.76. The first kappa shape index (κ1) is 19.0. The van der Waals surface area contributed by atoms with Crippen molar-refractivity contribution in [3.8, 4) is 11.3 Å². The molecule has 1 aromatic carbocycles. The van der Waals surface area contributed by atoms with Crippen LogP contribution in [0.2, 0.25) is 0 Å². The first-order valence-electron chi connectivity index (χ1n) is 9.47. The van der Waals surface area contributed by atoms with Crippen molar-refractivity contribution in [2.24, 2.45) is 0 Å². The van der Waals surface area contributed by atoms with Crippen LogP contribution in [0.25, 0.3) is 11.3 Å². The number of thiazole rings is 1. The molecule has 1 aliphatic heterocycles. The molecule has 6 heteroatoms. The summed E-state index contributed by atoms with van der Waals surface area (Å²) in [7, 11) is 0. The standard InChI is InChI=1S/C20H28N4OS/c1-3-5-16-6-8-17(9-7-16)18-15-26-20(21-18)22-19(25)14-24-12-10-23(4-2)11-13-24/h6-9,15H,3-5,10-14H2,1-2H3,(H,21,22,25). The highest BCUT2D eigenvalue weighted by molar-refractivity contribution is 7.14. The molecule has 0 saturated carbocycles. The Labute approximate surface area is 160 Å². The fourth-order valence-corrected chi connectivity index (χ4v) is 3.96. The number of hydrogen-bond acceptors (Lipinski definition) is 5. The topological polar surface area (TPSA) is 48.5 Å². The first-order chi connectivity index (χ1) is 12.7. The second kappa shape index (κ2) is 9.26. The third kappa shape index (κ3) is 5.13. The maximum atomic E-state index is 12.3. The molecule has 3 rings (SSSR count). The van der Waals surface area contributed by atoms with Gasteiger partial charge >= 0.3 is 0 Å². The minimum atomic E-state index is 0.0224. The molecule has 0 atom stereocenters. The van der Waals surface area contributed by atoms with Crippen LogP contribution in [0.3, 0.4) is 0 Å². The number of piperazine rings is 1. The van der Waals surface area contributed by atoms with E-state index in [1.807, 2.05) is 5.38 Å². The van der Waals surface area contributed by atoms with Crippen LogP contribution in [0.1, 0.15) is 25.8 Å². The molecule has 5 nitrogen and oxygen atoms in total. The number of carbonyl (C=O) groups is 1. The van der Waals surface area contributed by atoms with Gasteiger partial charge in [0, 0.05) is 37.1 Å². The molecule has 1 aromatic heterocycles. The highest BCUT2D eigenvalue weighted by atomic mass is 32.1. The monoisotopic (exact) mass is 372 g/mol. The van der Waals surface area contributed by atoms with E-state index in [2.05, 4.69) is 58.2 Å². The van der Waals surface area contributed by atoms with Gasteiger partial charge in [-0.1, -0.05) is 44.5 Å². The molecule has 0 bridgehead atoms. The van der Waals surface area contributed by atoms with Gasteiger partial charge in [-0.25, -0.2) is 4.98 Å². The van der Waals surface area contributed by atoms with Crippen molar-refractivity contribution in [2.75, 3.05) is 44.6 Å². The van der Waals surface area contributed by atoms with Gasteiger partial charge in [-0.05, 0) is 18.5 Å². The number of nitrogens with one attached hydrogen (secondary N) is 1. The third-order valence-corrected chi connectivity index (χ3v) is 5.58. The molecule has 1 saturated heterocycles. The van der Waals surface area contributed by atoms with E-state index in [1.54, 1.807) is 0 Å². The summed E-state index contributed by atoms with van der Waals surface area (Å²) in [6, 6.07) is 8.54. The van der Waals surface area contributed by atoms with E-state index < -0.39 is 0 Å². The number of anilines is 1. The minimum absolute atomic E-state index is 0.0224. The number of nitrogens with zero attached hydrogens (tertiary/aromatic N) is 3. The van der Waals surface area contributed by atoms with Crippen molar-refractivity contribution in [1.82, 2.24) is 14.8 Å². The van der Waals surface area contributed by atoms with Gasteiger partial charge in [0.2, 0.25) is 5.91 Å². The van der Waals surface area contributed by atoms with Crippen LogP contribution < -0.4 is 5.32 Å². The fourth-order valence-electron chi connectivity index (χ4n) is 3.22. The van der Waals surface area contributed by atoms with Gasteiger partial charge < -0.3 is 10.2 Å². The first-order valence-corrected chi connectivity index (χ1v) is 10.3. The molecule has 0 radical (unpaired) electrons. The number of carbonyl (C=O) groups excluding carboxylic acids is 1. The van der Waals surface area contributed by atoms with E-state index >= 15 is 0 Å². The lowest BCUT2D eigenvalue weighted by molar-refractivity contribution is -0.117. The smallest absolute Gasteiger partial charge is 0.240 e. The Morgan fingerprint density at radius 3 is 2.46 bits per heavy atom. The SMILES string of the molecule is CCCc1ccc(-c2csc(NC(=O)CN3CCN(CC)CC3)n2)cc1. The third-order valence-electron chi connectivity index (χ3n) is 4.82. The summed E-state index contributed by atoms with van der Waals surface area (Å²) in [4.78, 5) is 21.5. The Balaban J connectivity index is 1.52. The lowest BCUT2D eigenvalue weighted by atomic mass is 10.1. The normalized spacial score (nSPS) is 15.9. The Kier molecular flexibility index (Phi) is 6.77. The van der Waals surface area contributed by atoms with E-state index in [4.69, 9.17) is 0 Å². The van der Waals surface area contributed by atoms with Gasteiger partial charge in [-0.3, -0.25) is 9.69 Å². The highest BCUT2D eigenvalue weighted by Gasteiger charge is 2.18. The van der Waals surface area contributed by atoms with E-state index in [0.717, 1.165) is 56.8 Å². The lowest BCUT2D eigenvalue weighted by Crippen LogP contribution is -2.48. The van der Waals surface area contributed by atoms with Gasteiger partial charge in [0.05, 0.1) is 12.2 Å². The van der Waals surface area contributed by atoms with Crippen molar-refractivity contribution in [3.05, 3.63) is 35.2 Å². The van der Waals surface area contributed by atoms with Crippen LogP contribution in [0.4, 0.5) is 5.13 Å². The van der Waals surface area contributed by atoms with Crippen molar-refractivity contribution in [3.63, 3.8) is 0 Å². The zero-order chi connectivity index (χ0) is 18.4. The van der Waals surface area contributed by atoms with E-state index in [1.165, 1.54) is 16.9 Å². The number of aromatic nitrogens is 1. The highest BCUT2D eigenvalue weighted by Crippen LogP contribution is 2.25. The van der Waals surface area contributed by atoms with Crippen LogP contribution >= 0.6 is 11.3 Å². The number of likely N-dealkylation sites (N-methyl/N-ethyl adjacent to an activating group) is 1. The maximum absolute atomic E-state index is 12.3. The Morgan fingerprint density at radius 1 is 1.12 bits per heavy atom. The number of benzene rings is 1. The summed E-state index contributed by atoms with van der Waals surface area (Å²) in [5, 5.41) is 5.63. The van der Waals surface area contributed by atoms with Crippen molar-refractivity contribution < 1.29 is 4.79 Å². The van der Waals surface area contributed by atoms with Crippen LogP contribution in [0.15, 0.2) is 29.6 Å². The number of rotatable bonds is 7. The minimum Gasteiger partial charge on any atom is -0.301 e. The van der Waals surface area contributed by atoms with E-state index in [0.29, 0.717) is 11.7 Å². The van der Waals surface area contributed by atoms with Crippen LogP contribution in [-0.4, -0.2) is 60.0 Å². The molecule has 0 unspecified atom stereocenters. The average Bonchev–Trinajstić information content (AvgIpc) is 3.11. The largest absolute Gasteiger partial charge is 0.301 e. The van der Waals surface area contributed by atoms with Gasteiger partial charge in [0.15, 0.2) is 5.13 Å². The predicted octanol–water partition coefficient (Wildman–Crippen LogP) is 3.34. The van der Waals surface area contributed by atoms with Gasteiger partial charge in [-0.2, -0.15) is 0 Å². The molecular weight excluding hydrogens is 344 g/mol. The van der Waals surface area contributed by atoms with Gasteiger partial charge in [0.25, 0.3) is 0 Å². The zero-order valence-corrected chi connectivity index (χ0v) is 16.5. The molecule has 0 spiro atoms. The predicted molar refractivity (Wildman–Crippen MR) is 109 cm³/mol.